The van der Waals surface area contributed by atoms with Gasteiger partial charge in [0.25, 0.3) is 0 Å². The number of benzene rings is 1. The summed E-state index contributed by atoms with van der Waals surface area (Å²) in [5.41, 5.74) is 2.69. The molecule has 0 saturated heterocycles. The predicted octanol–water partition coefficient (Wildman–Crippen LogP) is 5.92. The molecular weight excluding hydrogens is 434 g/mol. The van der Waals surface area contributed by atoms with Crippen LogP contribution in [-0.2, 0) is 4.79 Å². The fourth-order valence-electron chi connectivity index (χ4n) is 7.49. The maximum atomic E-state index is 14.7. The maximum absolute atomic E-state index is 14.7. The third-order valence-corrected chi connectivity index (χ3v) is 9.35. The van der Waals surface area contributed by atoms with Crippen molar-refractivity contribution < 1.29 is 23.5 Å². The fourth-order valence-corrected chi connectivity index (χ4v) is 7.49. The van der Waals surface area contributed by atoms with E-state index >= 15 is 0 Å². The van der Waals surface area contributed by atoms with Gasteiger partial charge in [-0.15, -0.1) is 6.42 Å². The molecule has 0 bridgehead atoms. The second kappa shape index (κ2) is 7.71. The van der Waals surface area contributed by atoms with Crippen LogP contribution < -0.4 is 0 Å². The van der Waals surface area contributed by atoms with Gasteiger partial charge in [-0.25, -0.2) is 0 Å². The minimum Gasteiger partial charge on any atom is -0.382 e. The molecule has 0 heterocycles. The third kappa shape index (κ3) is 3.04. The van der Waals surface area contributed by atoms with Gasteiger partial charge in [-0.2, -0.15) is 8.78 Å². The quantitative estimate of drug-likeness (QED) is 0.446. The summed E-state index contributed by atoms with van der Waals surface area (Å²) in [7, 11) is 0. The number of aliphatic hydroxyl groups is 1. The van der Waals surface area contributed by atoms with Crippen molar-refractivity contribution in [1.29, 1.82) is 0 Å². The van der Waals surface area contributed by atoms with Crippen LogP contribution in [0, 0.1) is 29.6 Å². The van der Waals surface area contributed by atoms with E-state index in [1.807, 2.05) is 12.1 Å². The van der Waals surface area contributed by atoms with Gasteiger partial charge in [0.2, 0.25) is 0 Å². The third-order valence-electron chi connectivity index (χ3n) is 9.35. The molecule has 0 aliphatic heterocycles. The van der Waals surface area contributed by atoms with Gasteiger partial charge < -0.3 is 5.11 Å². The first-order valence-electron chi connectivity index (χ1n) is 12.2. The molecule has 0 aromatic heterocycles. The molecule has 34 heavy (non-hydrogen) atoms. The first kappa shape index (κ1) is 23.2. The van der Waals surface area contributed by atoms with Crippen molar-refractivity contribution in [2.75, 3.05) is 0 Å². The first-order chi connectivity index (χ1) is 16.0. The van der Waals surface area contributed by atoms with Gasteiger partial charge in [0.15, 0.2) is 11.6 Å². The summed E-state index contributed by atoms with van der Waals surface area (Å²) in [6, 6.07) is 7.24. The van der Waals surface area contributed by atoms with Crippen LogP contribution in [-0.4, -0.2) is 28.2 Å². The Morgan fingerprint density at radius 2 is 1.79 bits per heavy atom. The van der Waals surface area contributed by atoms with E-state index in [1.54, 1.807) is 25.0 Å². The highest BCUT2D eigenvalue weighted by Gasteiger charge is 2.69. The normalized spacial score (nSPS) is 33.2. The summed E-state index contributed by atoms with van der Waals surface area (Å²) in [5.74, 6) is -1.79. The van der Waals surface area contributed by atoms with E-state index in [0.29, 0.717) is 37.7 Å². The molecule has 2 fully saturated rings. The Hall–Kier alpha value is -2.58. The molecular formula is C29H30F2O3. The molecule has 4 atom stereocenters. The van der Waals surface area contributed by atoms with E-state index in [-0.39, 0.29) is 29.8 Å². The molecule has 0 spiro atoms. The second-order valence-electron chi connectivity index (χ2n) is 10.7. The number of hydrogen-bond acceptors (Lipinski definition) is 3. The lowest BCUT2D eigenvalue weighted by Crippen LogP contribution is -2.59. The maximum Gasteiger partial charge on any atom is 0.336 e. The summed E-state index contributed by atoms with van der Waals surface area (Å²) in [6.45, 7) is 3.32. The van der Waals surface area contributed by atoms with Crippen LogP contribution in [0.4, 0.5) is 8.78 Å². The van der Waals surface area contributed by atoms with Gasteiger partial charge in [0.1, 0.15) is 5.60 Å². The second-order valence-corrected chi connectivity index (χ2v) is 10.7. The monoisotopic (exact) mass is 464 g/mol. The number of halogens is 2. The summed E-state index contributed by atoms with van der Waals surface area (Å²) < 4.78 is 29.5. The number of ketones is 2. The number of rotatable bonds is 3. The van der Waals surface area contributed by atoms with E-state index in [4.69, 9.17) is 6.42 Å². The number of alkyl halides is 2. The minimum absolute atomic E-state index is 0.0133. The predicted molar refractivity (Wildman–Crippen MR) is 126 cm³/mol. The Balaban J connectivity index is 1.56. The van der Waals surface area contributed by atoms with Gasteiger partial charge in [-0.05, 0) is 86.3 Å². The molecule has 0 unspecified atom stereocenters. The number of carbonyl (C=O) groups excluding carboxylic acids is 2. The highest BCUT2D eigenvalue weighted by molar-refractivity contribution is 6.23. The molecule has 4 aliphatic carbocycles. The van der Waals surface area contributed by atoms with Gasteiger partial charge in [-0.1, -0.05) is 36.8 Å². The van der Waals surface area contributed by atoms with E-state index in [1.165, 1.54) is 18.1 Å². The minimum atomic E-state index is -3.56. The molecule has 5 heteroatoms. The van der Waals surface area contributed by atoms with Crippen LogP contribution in [0.3, 0.4) is 0 Å². The SMILES string of the molecule is C#CC(F)(F)[C@]1(O)CC[C@H]2[C@@H]3CCC4=C(c5ccc(C(C)=O)cc5)C(=O)CCC4=C3CC[C@@]21C. The van der Waals surface area contributed by atoms with Crippen molar-refractivity contribution in [2.24, 2.45) is 17.3 Å². The van der Waals surface area contributed by atoms with Crippen LogP contribution in [0.25, 0.3) is 5.57 Å². The molecule has 0 amide bonds. The summed E-state index contributed by atoms with van der Waals surface area (Å²) in [6.07, 6.45) is 9.42. The smallest absolute Gasteiger partial charge is 0.336 e. The Morgan fingerprint density at radius 3 is 2.44 bits per heavy atom. The largest absolute Gasteiger partial charge is 0.382 e. The average molecular weight is 465 g/mol. The van der Waals surface area contributed by atoms with Crippen LogP contribution in [0.15, 0.2) is 41.0 Å². The molecule has 1 N–H and O–H groups in total. The summed E-state index contributed by atoms with van der Waals surface area (Å²) >= 11 is 0. The van der Waals surface area contributed by atoms with Crippen LogP contribution >= 0.6 is 0 Å². The van der Waals surface area contributed by atoms with E-state index < -0.39 is 16.9 Å². The van der Waals surface area contributed by atoms with Crippen LogP contribution in [0.5, 0.6) is 0 Å². The molecule has 178 valence electrons. The molecule has 0 radical (unpaired) electrons. The Kier molecular flexibility index (Phi) is 5.26. The fraction of sp³-hybridized carbons (Fsp3) is 0.517. The zero-order valence-electron chi connectivity index (χ0n) is 19.7. The van der Waals surface area contributed by atoms with Crippen molar-refractivity contribution in [1.82, 2.24) is 0 Å². The van der Waals surface area contributed by atoms with Crippen molar-refractivity contribution in [3.05, 3.63) is 52.1 Å². The zero-order valence-corrected chi connectivity index (χ0v) is 19.7. The lowest BCUT2D eigenvalue weighted by atomic mass is 9.54. The Labute approximate surface area is 199 Å². The molecule has 4 aliphatic rings. The average Bonchev–Trinajstić information content (AvgIpc) is 3.11. The van der Waals surface area contributed by atoms with Gasteiger partial charge >= 0.3 is 5.92 Å². The number of hydrogen-bond donors (Lipinski definition) is 1. The van der Waals surface area contributed by atoms with Crippen LogP contribution in [0.2, 0.25) is 0 Å². The standard InChI is InChI=1S/C29H30F2O3/c1-4-29(30,31)28(34)16-14-24-22-9-10-23-20(21(22)13-15-27(24,28)3)11-12-25(33)26(23)19-7-5-18(6-8-19)17(2)32/h1,5-8,22,24,34H,9-16H2,2-3H3/t22-,24+,27+,28+/m1/s1. The highest BCUT2D eigenvalue weighted by atomic mass is 19.3. The van der Waals surface area contributed by atoms with Crippen LogP contribution in [0.1, 0.15) is 81.1 Å². The highest BCUT2D eigenvalue weighted by Crippen LogP contribution is 2.66. The first-order valence-corrected chi connectivity index (χ1v) is 12.2. The molecule has 5 rings (SSSR count). The summed E-state index contributed by atoms with van der Waals surface area (Å²) in [5, 5.41) is 11.2. The van der Waals surface area contributed by atoms with Gasteiger partial charge in [0, 0.05) is 23.0 Å². The number of fused-ring (bicyclic) bond motifs is 4. The molecule has 3 nitrogen and oxygen atoms in total. The van der Waals surface area contributed by atoms with Gasteiger partial charge in [0.05, 0.1) is 0 Å². The Morgan fingerprint density at radius 1 is 1.09 bits per heavy atom. The molecule has 1 aromatic rings. The lowest BCUT2D eigenvalue weighted by molar-refractivity contribution is -0.207. The summed E-state index contributed by atoms with van der Waals surface area (Å²) in [4.78, 5) is 24.7. The van der Waals surface area contributed by atoms with Crippen molar-refractivity contribution >= 4 is 17.1 Å². The van der Waals surface area contributed by atoms with Crippen molar-refractivity contribution in [3.8, 4) is 12.3 Å². The van der Waals surface area contributed by atoms with Crippen molar-refractivity contribution in [2.45, 2.75) is 76.7 Å². The number of carbonyl (C=O) groups is 2. The topological polar surface area (TPSA) is 54.4 Å². The number of Topliss-reactive ketones (excluding diaryl/α,β-unsaturated/α-hetero) is 2. The zero-order chi connectivity index (χ0) is 24.5. The van der Waals surface area contributed by atoms with Crippen molar-refractivity contribution in [3.63, 3.8) is 0 Å². The Bertz CT molecular complexity index is 1180. The lowest BCUT2D eigenvalue weighted by Gasteiger charge is -2.52. The number of allylic oxidation sites excluding steroid dienone is 4. The van der Waals surface area contributed by atoms with E-state index in [9.17, 15) is 23.5 Å². The molecule has 2 saturated carbocycles. The molecule has 1 aromatic carbocycles. The van der Waals surface area contributed by atoms with Gasteiger partial charge in [-0.3, -0.25) is 9.59 Å². The number of terminal acetylenes is 1. The van der Waals surface area contributed by atoms with E-state index in [2.05, 4.69) is 0 Å². The van der Waals surface area contributed by atoms with E-state index in [0.717, 1.165) is 29.6 Å².